The van der Waals surface area contributed by atoms with Crippen LogP contribution < -0.4 is 0 Å². The molecule has 0 saturated heterocycles. The third kappa shape index (κ3) is 2.28. The zero-order chi connectivity index (χ0) is 9.19. The summed E-state index contributed by atoms with van der Waals surface area (Å²) >= 11 is 0. The van der Waals surface area contributed by atoms with E-state index in [9.17, 15) is 13.2 Å². The molecule has 0 aliphatic heterocycles. The van der Waals surface area contributed by atoms with Gasteiger partial charge >= 0.3 is 6.18 Å². The van der Waals surface area contributed by atoms with Crippen LogP contribution in [-0.4, -0.2) is 4.98 Å². The predicted molar refractivity (Wildman–Crippen MR) is 40.9 cm³/mol. The zero-order valence-electron chi connectivity index (χ0n) is 5.60. The molecular formula is C6H3ClF3NS. The van der Waals surface area contributed by atoms with Gasteiger partial charge in [0.2, 0.25) is 0 Å². The van der Waals surface area contributed by atoms with E-state index in [0.717, 1.165) is 23.2 Å². The molecule has 1 heterocycles. The van der Waals surface area contributed by atoms with Crippen LogP contribution in [0.5, 0.6) is 0 Å². The largest absolute Gasteiger partial charge is 0.417 e. The summed E-state index contributed by atoms with van der Waals surface area (Å²) in [5.74, 6) is 0. The fourth-order valence-corrected chi connectivity index (χ4v) is 1.08. The first-order chi connectivity index (χ1) is 5.54. The summed E-state index contributed by atoms with van der Waals surface area (Å²) in [4.78, 5) is 3.47. The van der Waals surface area contributed by atoms with E-state index in [0.29, 0.717) is 5.03 Å². The highest BCUT2D eigenvalue weighted by atomic mass is 35.7. The van der Waals surface area contributed by atoms with Gasteiger partial charge < -0.3 is 0 Å². The Labute approximate surface area is 75.4 Å². The Morgan fingerprint density at radius 2 is 2.00 bits per heavy atom. The van der Waals surface area contributed by atoms with E-state index in [1.165, 1.54) is 6.07 Å². The lowest BCUT2D eigenvalue weighted by atomic mass is 10.3. The number of alkyl halides is 3. The third-order valence-electron chi connectivity index (χ3n) is 1.14. The van der Waals surface area contributed by atoms with Gasteiger partial charge in [0, 0.05) is 17.2 Å². The molecule has 0 aromatic carbocycles. The molecule has 0 aliphatic rings. The van der Waals surface area contributed by atoms with Crippen molar-refractivity contribution in [1.82, 2.24) is 4.98 Å². The lowest BCUT2D eigenvalue weighted by Crippen LogP contribution is -2.04. The maximum Gasteiger partial charge on any atom is 0.417 e. The Balaban J connectivity index is 2.93. The zero-order valence-corrected chi connectivity index (χ0v) is 7.17. The van der Waals surface area contributed by atoms with E-state index < -0.39 is 11.7 Å². The fraction of sp³-hybridized carbons (Fsp3) is 0.167. The van der Waals surface area contributed by atoms with Crippen LogP contribution in [0, 0.1) is 0 Å². The second kappa shape index (κ2) is 3.53. The van der Waals surface area contributed by atoms with Gasteiger partial charge in [-0.2, -0.15) is 13.2 Å². The molecule has 1 rings (SSSR count). The van der Waals surface area contributed by atoms with E-state index in [1.807, 2.05) is 0 Å². The van der Waals surface area contributed by atoms with Gasteiger partial charge in [-0.15, -0.1) is 0 Å². The summed E-state index contributed by atoms with van der Waals surface area (Å²) in [7, 11) is 6.05. The lowest BCUT2D eigenvalue weighted by Gasteiger charge is -2.04. The van der Waals surface area contributed by atoms with Crippen molar-refractivity contribution >= 4 is 21.7 Å². The summed E-state index contributed by atoms with van der Waals surface area (Å²) in [6.07, 6.45) is -3.58. The molecule has 0 amide bonds. The van der Waals surface area contributed by atoms with Gasteiger partial charge in [0.1, 0.15) is 5.03 Å². The normalized spacial score (nSPS) is 11.7. The molecule has 1 aromatic heterocycles. The van der Waals surface area contributed by atoms with Gasteiger partial charge in [0.15, 0.2) is 0 Å². The van der Waals surface area contributed by atoms with Crippen LogP contribution >= 0.6 is 21.7 Å². The van der Waals surface area contributed by atoms with Crippen LogP contribution in [0.4, 0.5) is 13.2 Å². The number of hydrogen-bond donors (Lipinski definition) is 0. The minimum Gasteiger partial charge on any atom is -0.248 e. The summed E-state index contributed by atoms with van der Waals surface area (Å²) in [5.41, 5.74) is -0.767. The lowest BCUT2D eigenvalue weighted by molar-refractivity contribution is -0.137. The third-order valence-corrected chi connectivity index (χ3v) is 2.02. The minimum absolute atomic E-state index is 0.352. The number of rotatable bonds is 1. The highest BCUT2D eigenvalue weighted by Gasteiger charge is 2.30. The highest BCUT2D eigenvalue weighted by Crippen LogP contribution is 2.29. The number of hydrogen-bond acceptors (Lipinski definition) is 2. The maximum atomic E-state index is 11.9. The molecule has 0 atom stereocenters. The van der Waals surface area contributed by atoms with Crippen molar-refractivity contribution in [2.75, 3.05) is 0 Å². The molecule has 0 bridgehead atoms. The van der Waals surface area contributed by atoms with Crippen molar-refractivity contribution in [2.45, 2.75) is 11.2 Å². The Kier molecular flexibility index (Phi) is 2.85. The highest BCUT2D eigenvalue weighted by molar-refractivity contribution is 8.21. The quantitative estimate of drug-likeness (QED) is 0.710. The molecule has 0 N–H and O–H groups in total. The van der Waals surface area contributed by atoms with Crippen LogP contribution in [0.25, 0.3) is 0 Å². The average molecular weight is 214 g/mol. The van der Waals surface area contributed by atoms with Crippen LogP contribution in [0.2, 0.25) is 0 Å². The summed E-state index contributed by atoms with van der Waals surface area (Å²) in [6.45, 7) is 0. The molecule has 0 saturated carbocycles. The second-order valence-electron chi connectivity index (χ2n) is 1.96. The fourth-order valence-electron chi connectivity index (χ4n) is 0.594. The van der Waals surface area contributed by atoms with Gasteiger partial charge in [-0.25, -0.2) is 4.98 Å². The van der Waals surface area contributed by atoms with Crippen molar-refractivity contribution in [3.05, 3.63) is 23.9 Å². The van der Waals surface area contributed by atoms with E-state index >= 15 is 0 Å². The SMILES string of the molecule is FC(F)(F)c1ccc(SCl)nc1. The van der Waals surface area contributed by atoms with Crippen LogP contribution in [0.1, 0.15) is 5.56 Å². The molecule has 0 aliphatic carbocycles. The Hall–Kier alpha value is -0.420. The minimum atomic E-state index is -4.33. The van der Waals surface area contributed by atoms with E-state index in [1.54, 1.807) is 0 Å². The molecule has 0 fully saturated rings. The summed E-state index contributed by atoms with van der Waals surface area (Å²) in [6, 6.07) is 2.16. The molecular weight excluding hydrogens is 211 g/mol. The number of nitrogens with zero attached hydrogens (tertiary/aromatic N) is 1. The van der Waals surface area contributed by atoms with Gasteiger partial charge in [0.25, 0.3) is 0 Å². The Morgan fingerprint density at radius 3 is 2.33 bits per heavy atom. The first-order valence-electron chi connectivity index (χ1n) is 2.86. The molecule has 0 unspecified atom stereocenters. The Bertz CT molecular complexity index is 258. The Morgan fingerprint density at radius 1 is 1.33 bits per heavy atom. The van der Waals surface area contributed by atoms with E-state index in [4.69, 9.17) is 10.7 Å². The van der Waals surface area contributed by atoms with Crippen LogP contribution in [0.3, 0.4) is 0 Å². The van der Waals surface area contributed by atoms with Crippen molar-refractivity contribution < 1.29 is 13.2 Å². The molecule has 0 spiro atoms. The van der Waals surface area contributed by atoms with E-state index in [-0.39, 0.29) is 0 Å². The molecule has 12 heavy (non-hydrogen) atoms. The monoisotopic (exact) mass is 213 g/mol. The first kappa shape index (κ1) is 9.67. The van der Waals surface area contributed by atoms with Gasteiger partial charge in [-0.3, -0.25) is 0 Å². The molecule has 0 radical (unpaired) electrons. The summed E-state index contributed by atoms with van der Waals surface area (Å²) < 4.78 is 35.8. The van der Waals surface area contributed by atoms with E-state index in [2.05, 4.69) is 4.98 Å². The van der Waals surface area contributed by atoms with Gasteiger partial charge in [0.05, 0.1) is 5.56 Å². The predicted octanol–water partition coefficient (Wildman–Crippen LogP) is 3.35. The topological polar surface area (TPSA) is 12.9 Å². The summed E-state index contributed by atoms with van der Waals surface area (Å²) in [5, 5.41) is 0.352. The average Bonchev–Trinajstić information content (AvgIpc) is 2.03. The molecule has 1 nitrogen and oxygen atoms in total. The van der Waals surface area contributed by atoms with Crippen molar-refractivity contribution in [3.63, 3.8) is 0 Å². The standard InChI is InChI=1S/C6H3ClF3NS/c7-12-5-2-1-4(3-11-5)6(8,9)10/h1-3H. The van der Waals surface area contributed by atoms with Crippen molar-refractivity contribution in [2.24, 2.45) is 0 Å². The van der Waals surface area contributed by atoms with Crippen molar-refractivity contribution in [1.29, 1.82) is 0 Å². The van der Waals surface area contributed by atoms with Crippen LogP contribution in [0.15, 0.2) is 23.4 Å². The number of pyridine rings is 1. The smallest absolute Gasteiger partial charge is 0.248 e. The maximum absolute atomic E-state index is 11.9. The van der Waals surface area contributed by atoms with Crippen molar-refractivity contribution in [3.8, 4) is 0 Å². The molecule has 66 valence electrons. The number of halogens is 4. The number of aromatic nitrogens is 1. The molecule has 6 heteroatoms. The first-order valence-corrected chi connectivity index (χ1v) is 4.50. The second-order valence-corrected chi connectivity index (χ2v) is 3.00. The van der Waals surface area contributed by atoms with Gasteiger partial charge in [-0.05, 0) is 22.8 Å². The molecule has 1 aromatic rings. The van der Waals surface area contributed by atoms with Crippen LogP contribution in [-0.2, 0) is 6.18 Å². The van der Waals surface area contributed by atoms with Gasteiger partial charge in [-0.1, -0.05) is 0 Å².